The van der Waals surface area contributed by atoms with Crippen LogP contribution < -0.4 is 10.1 Å². The molecule has 0 saturated heterocycles. The standard InChI is InChI=1S/C19H23ClN2O4S/c1-4-22(5-2)27(24,25)18-13-14(11-12-17(18)26-6-3)21-19(23)15-9-7-8-10-16(15)20/h7-13H,4-6H2,1-3H3,(H,21,23). The molecule has 0 aliphatic rings. The number of carbonyl (C=O) groups excluding carboxylic acids is 1. The number of hydrogen-bond acceptors (Lipinski definition) is 4. The van der Waals surface area contributed by atoms with Crippen LogP contribution in [-0.2, 0) is 10.0 Å². The van der Waals surface area contributed by atoms with Crippen molar-refractivity contribution < 1.29 is 17.9 Å². The molecule has 0 atom stereocenters. The predicted octanol–water partition coefficient (Wildman–Crippen LogP) is 4.02. The average Bonchev–Trinajstić information content (AvgIpc) is 2.64. The highest BCUT2D eigenvalue weighted by Crippen LogP contribution is 2.30. The van der Waals surface area contributed by atoms with E-state index in [1.54, 1.807) is 57.2 Å². The zero-order valence-electron chi connectivity index (χ0n) is 15.5. The van der Waals surface area contributed by atoms with E-state index in [1.165, 1.54) is 10.4 Å². The number of anilines is 1. The number of amides is 1. The second kappa shape index (κ2) is 9.21. The average molecular weight is 411 g/mol. The zero-order chi connectivity index (χ0) is 20.0. The topological polar surface area (TPSA) is 75.7 Å². The third kappa shape index (κ3) is 4.80. The highest BCUT2D eigenvalue weighted by Gasteiger charge is 2.26. The van der Waals surface area contributed by atoms with Gasteiger partial charge in [0.25, 0.3) is 5.91 Å². The minimum atomic E-state index is -3.75. The van der Waals surface area contributed by atoms with Crippen LogP contribution in [0.1, 0.15) is 31.1 Å². The Labute approximate surface area is 165 Å². The van der Waals surface area contributed by atoms with Gasteiger partial charge in [0.1, 0.15) is 10.6 Å². The van der Waals surface area contributed by atoms with E-state index in [2.05, 4.69) is 5.32 Å². The Balaban J connectivity index is 2.43. The Morgan fingerprint density at radius 2 is 1.78 bits per heavy atom. The van der Waals surface area contributed by atoms with E-state index in [4.69, 9.17) is 16.3 Å². The van der Waals surface area contributed by atoms with Crippen LogP contribution in [0.3, 0.4) is 0 Å². The van der Waals surface area contributed by atoms with Crippen molar-refractivity contribution in [1.82, 2.24) is 4.31 Å². The van der Waals surface area contributed by atoms with E-state index in [9.17, 15) is 13.2 Å². The molecule has 2 rings (SSSR count). The number of hydrogen-bond donors (Lipinski definition) is 1. The molecule has 0 aromatic heterocycles. The Morgan fingerprint density at radius 3 is 2.37 bits per heavy atom. The molecule has 0 unspecified atom stereocenters. The minimum Gasteiger partial charge on any atom is -0.492 e. The number of halogens is 1. The first-order chi connectivity index (χ1) is 12.8. The van der Waals surface area contributed by atoms with Crippen molar-refractivity contribution in [3.05, 3.63) is 53.1 Å². The molecule has 1 amide bonds. The van der Waals surface area contributed by atoms with Crippen molar-refractivity contribution in [2.75, 3.05) is 25.0 Å². The summed E-state index contributed by atoms with van der Waals surface area (Å²) in [6.07, 6.45) is 0. The number of sulfonamides is 1. The molecule has 0 aliphatic heterocycles. The molecule has 0 radical (unpaired) electrons. The summed E-state index contributed by atoms with van der Waals surface area (Å²) in [6, 6.07) is 11.2. The third-order valence-corrected chi connectivity index (χ3v) is 6.34. The number of rotatable bonds is 8. The lowest BCUT2D eigenvalue weighted by atomic mass is 10.2. The number of nitrogens with one attached hydrogen (secondary N) is 1. The molecule has 2 aromatic carbocycles. The normalized spacial score (nSPS) is 11.4. The van der Waals surface area contributed by atoms with Gasteiger partial charge >= 0.3 is 0 Å². The van der Waals surface area contributed by atoms with Crippen LogP contribution >= 0.6 is 11.6 Å². The molecule has 1 N–H and O–H groups in total. The monoisotopic (exact) mass is 410 g/mol. The van der Waals surface area contributed by atoms with Gasteiger partial charge in [-0.2, -0.15) is 4.31 Å². The summed E-state index contributed by atoms with van der Waals surface area (Å²) in [4.78, 5) is 12.5. The van der Waals surface area contributed by atoms with Gasteiger partial charge in [-0.15, -0.1) is 0 Å². The van der Waals surface area contributed by atoms with E-state index in [1.807, 2.05) is 0 Å². The fourth-order valence-corrected chi connectivity index (χ4v) is 4.45. The quantitative estimate of drug-likeness (QED) is 0.713. The number of nitrogens with zero attached hydrogens (tertiary/aromatic N) is 1. The van der Waals surface area contributed by atoms with Crippen LogP contribution in [0.15, 0.2) is 47.4 Å². The van der Waals surface area contributed by atoms with Crippen LogP contribution in [0.4, 0.5) is 5.69 Å². The number of ether oxygens (including phenoxy) is 1. The highest BCUT2D eigenvalue weighted by molar-refractivity contribution is 7.89. The summed E-state index contributed by atoms with van der Waals surface area (Å²) in [5.41, 5.74) is 0.648. The van der Waals surface area contributed by atoms with Crippen molar-refractivity contribution >= 4 is 33.2 Å². The fourth-order valence-electron chi connectivity index (χ4n) is 2.61. The molecule has 0 saturated carbocycles. The van der Waals surface area contributed by atoms with Crippen molar-refractivity contribution in [1.29, 1.82) is 0 Å². The Hall–Kier alpha value is -2.09. The van der Waals surface area contributed by atoms with E-state index >= 15 is 0 Å². The molecule has 6 nitrogen and oxygen atoms in total. The van der Waals surface area contributed by atoms with Crippen molar-refractivity contribution in [3.63, 3.8) is 0 Å². The maximum atomic E-state index is 13.0. The van der Waals surface area contributed by atoms with Crippen LogP contribution in [-0.4, -0.2) is 38.3 Å². The Bertz CT molecular complexity index is 912. The molecule has 2 aromatic rings. The molecule has 0 heterocycles. The molecule has 0 aliphatic carbocycles. The molecule has 0 bridgehead atoms. The first kappa shape index (κ1) is 21.2. The maximum Gasteiger partial charge on any atom is 0.257 e. The molecule has 146 valence electrons. The van der Waals surface area contributed by atoms with Gasteiger partial charge in [0, 0.05) is 18.8 Å². The predicted molar refractivity (Wildman–Crippen MR) is 107 cm³/mol. The molecule has 27 heavy (non-hydrogen) atoms. The second-order valence-electron chi connectivity index (χ2n) is 5.62. The SMILES string of the molecule is CCOc1ccc(NC(=O)c2ccccc2Cl)cc1S(=O)(=O)N(CC)CC. The van der Waals surface area contributed by atoms with Gasteiger partial charge in [-0.05, 0) is 37.3 Å². The van der Waals surface area contributed by atoms with Crippen molar-refractivity contribution in [3.8, 4) is 5.75 Å². The van der Waals surface area contributed by atoms with Gasteiger partial charge < -0.3 is 10.1 Å². The number of carbonyl (C=O) groups is 1. The summed E-state index contributed by atoms with van der Waals surface area (Å²) in [5.74, 6) is -0.170. The van der Waals surface area contributed by atoms with Gasteiger partial charge in [0.2, 0.25) is 10.0 Å². The first-order valence-corrected chi connectivity index (χ1v) is 10.5. The molecular formula is C19H23ClN2O4S. The van der Waals surface area contributed by atoms with Crippen molar-refractivity contribution in [2.24, 2.45) is 0 Å². The van der Waals surface area contributed by atoms with Crippen molar-refractivity contribution in [2.45, 2.75) is 25.7 Å². The first-order valence-electron chi connectivity index (χ1n) is 8.68. The second-order valence-corrected chi connectivity index (χ2v) is 7.93. The van der Waals surface area contributed by atoms with E-state index in [-0.39, 0.29) is 10.6 Å². The smallest absolute Gasteiger partial charge is 0.257 e. The summed E-state index contributed by atoms with van der Waals surface area (Å²) in [7, 11) is -3.75. The summed E-state index contributed by atoms with van der Waals surface area (Å²) >= 11 is 6.05. The fraction of sp³-hybridized carbons (Fsp3) is 0.316. The Kier molecular flexibility index (Phi) is 7.24. The lowest BCUT2D eigenvalue weighted by molar-refractivity contribution is 0.102. The summed E-state index contributed by atoms with van der Waals surface area (Å²) in [5, 5.41) is 3.01. The van der Waals surface area contributed by atoms with Gasteiger partial charge in [0.05, 0.1) is 17.2 Å². The van der Waals surface area contributed by atoms with E-state index in [0.29, 0.717) is 36.0 Å². The van der Waals surface area contributed by atoms with Gasteiger partial charge in [0.15, 0.2) is 0 Å². The molecule has 8 heteroatoms. The number of benzene rings is 2. The summed E-state index contributed by atoms with van der Waals surface area (Å²) < 4.78 is 32.8. The van der Waals surface area contributed by atoms with Crippen LogP contribution in [0, 0.1) is 0 Å². The van der Waals surface area contributed by atoms with Crippen LogP contribution in [0.25, 0.3) is 0 Å². The summed E-state index contributed by atoms with van der Waals surface area (Å²) in [6.45, 7) is 6.31. The maximum absolute atomic E-state index is 13.0. The molecule has 0 spiro atoms. The van der Waals surface area contributed by atoms with Gasteiger partial charge in [-0.1, -0.05) is 37.6 Å². The third-order valence-electron chi connectivity index (χ3n) is 3.94. The van der Waals surface area contributed by atoms with E-state index in [0.717, 1.165) is 0 Å². The lowest BCUT2D eigenvalue weighted by Crippen LogP contribution is -2.31. The zero-order valence-corrected chi connectivity index (χ0v) is 17.1. The molecule has 0 fully saturated rings. The largest absolute Gasteiger partial charge is 0.492 e. The lowest BCUT2D eigenvalue weighted by Gasteiger charge is -2.21. The minimum absolute atomic E-state index is 0.0185. The van der Waals surface area contributed by atoms with Gasteiger partial charge in [-0.3, -0.25) is 4.79 Å². The van der Waals surface area contributed by atoms with Crippen LogP contribution in [0.5, 0.6) is 5.75 Å². The molecular weight excluding hydrogens is 388 g/mol. The highest BCUT2D eigenvalue weighted by atomic mass is 35.5. The van der Waals surface area contributed by atoms with E-state index < -0.39 is 15.9 Å². The van der Waals surface area contributed by atoms with Gasteiger partial charge in [-0.25, -0.2) is 8.42 Å². The Morgan fingerprint density at radius 1 is 1.11 bits per heavy atom. The van der Waals surface area contributed by atoms with Crippen LogP contribution in [0.2, 0.25) is 5.02 Å².